The first-order chi connectivity index (χ1) is 14.1. The number of amides is 1. The number of carbonyl (C=O) groups excluding carboxylic acids is 1. The van der Waals surface area contributed by atoms with E-state index in [1.54, 1.807) is 41.0 Å². The second-order valence-corrected chi connectivity index (χ2v) is 9.90. The maximum Gasteiger partial charge on any atom is 0.271 e. The molecule has 0 radical (unpaired) electrons. The Bertz CT molecular complexity index is 1090. The van der Waals surface area contributed by atoms with E-state index in [0.29, 0.717) is 37.6 Å². The third-order valence-electron chi connectivity index (χ3n) is 4.50. The van der Waals surface area contributed by atoms with Crippen molar-refractivity contribution in [3.05, 3.63) is 57.7 Å². The molecular weight excluding hydrogens is 430 g/mol. The van der Waals surface area contributed by atoms with Crippen molar-refractivity contribution in [2.24, 2.45) is 0 Å². The van der Waals surface area contributed by atoms with Crippen LogP contribution < -0.4 is 5.32 Å². The van der Waals surface area contributed by atoms with Crippen LogP contribution in [0.1, 0.15) is 16.1 Å². The number of rotatable bonds is 6. The van der Waals surface area contributed by atoms with Crippen LogP contribution >= 0.6 is 22.7 Å². The van der Waals surface area contributed by atoms with E-state index in [4.69, 9.17) is 4.74 Å². The van der Waals surface area contributed by atoms with Crippen LogP contribution in [0.3, 0.4) is 0 Å². The first kappa shape index (κ1) is 20.2. The van der Waals surface area contributed by atoms with E-state index in [9.17, 15) is 13.2 Å². The topological polar surface area (TPSA) is 88.6 Å². The van der Waals surface area contributed by atoms with Crippen LogP contribution in [0.15, 0.2) is 51.4 Å². The number of hydrogen-bond acceptors (Lipinski definition) is 7. The summed E-state index contributed by atoms with van der Waals surface area (Å²) in [6, 6.07) is 8.69. The van der Waals surface area contributed by atoms with Crippen LogP contribution in [-0.2, 0) is 21.3 Å². The van der Waals surface area contributed by atoms with Crippen molar-refractivity contribution >= 4 is 38.6 Å². The molecule has 0 bridgehead atoms. The van der Waals surface area contributed by atoms with Crippen molar-refractivity contribution in [2.75, 3.05) is 26.3 Å². The van der Waals surface area contributed by atoms with Gasteiger partial charge in [-0.15, -0.1) is 11.3 Å². The van der Waals surface area contributed by atoms with Gasteiger partial charge in [0.05, 0.1) is 18.1 Å². The van der Waals surface area contributed by atoms with Crippen molar-refractivity contribution in [2.45, 2.75) is 11.4 Å². The molecule has 3 aromatic rings. The van der Waals surface area contributed by atoms with Gasteiger partial charge in [0.2, 0.25) is 10.0 Å². The number of benzene rings is 1. The monoisotopic (exact) mass is 449 g/mol. The van der Waals surface area contributed by atoms with E-state index in [1.807, 2.05) is 16.8 Å². The number of thiazole rings is 1. The third kappa shape index (κ3) is 4.41. The number of hydrogen-bond donors (Lipinski definition) is 1. The maximum atomic E-state index is 13.0. The number of nitrogens with one attached hydrogen (secondary N) is 1. The summed E-state index contributed by atoms with van der Waals surface area (Å²) in [4.78, 5) is 17.1. The predicted molar refractivity (Wildman–Crippen MR) is 113 cm³/mol. The average Bonchev–Trinajstić information content (AvgIpc) is 3.44. The zero-order chi connectivity index (χ0) is 20.3. The van der Waals surface area contributed by atoms with Crippen LogP contribution in [0.25, 0.3) is 10.6 Å². The highest BCUT2D eigenvalue weighted by molar-refractivity contribution is 7.89. The highest BCUT2D eigenvalue weighted by Gasteiger charge is 2.28. The van der Waals surface area contributed by atoms with E-state index in [0.717, 1.165) is 10.6 Å². The SMILES string of the molecule is O=C(NCc1ccccc1S(=O)(=O)N1CCOCC1)c1csc(-c2ccsc2)n1. The molecule has 7 nitrogen and oxygen atoms in total. The van der Waals surface area contributed by atoms with Gasteiger partial charge in [-0.05, 0) is 23.1 Å². The Balaban J connectivity index is 1.48. The standard InChI is InChI=1S/C19H19N3O4S3/c23-18(16-13-28-19(21-16)15-5-10-27-12-15)20-11-14-3-1-2-4-17(14)29(24,25)22-6-8-26-9-7-22/h1-5,10,12-13H,6-9,11H2,(H,20,23). The summed E-state index contributed by atoms with van der Waals surface area (Å²) in [7, 11) is -3.64. The number of ether oxygens (including phenoxy) is 1. The lowest BCUT2D eigenvalue weighted by molar-refractivity contribution is 0.0730. The highest BCUT2D eigenvalue weighted by Crippen LogP contribution is 2.26. The van der Waals surface area contributed by atoms with Gasteiger partial charge in [-0.2, -0.15) is 15.6 Å². The molecule has 1 aliphatic heterocycles. The Morgan fingerprint density at radius 3 is 2.72 bits per heavy atom. The molecule has 0 saturated carbocycles. The zero-order valence-electron chi connectivity index (χ0n) is 15.4. The van der Waals surface area contributed by atoms with Gasteiger partial charge in [-0.25, -0.2) is 13.4 Å². The van der Waals surface area contributed by atoms with Crippen molar-refractivity contribution in [1.29, 1.82) is 0 Å². The average molecular weight is 450 g/mol. The molecule has 1 saturated heterocycles. The number of nitrogens with zero attached hydrogens (tertiary/aromatic N) is 2. The molecule has 1 aromatic carbocycles. The van der Waals surface area contributed by atoms with Crippen molar-refractivity contribution in [3.63, 3.8) is 0 Å². The lowest BCUT2D eigenvalue weighted by atomic mass is 10.2. The fourth-order valence-electron chi connectivity index (χ4n) is 2.99. The van der Waals surface area contributed by atoms with E-state index in [2.05, 4.69) is 10.3 Å². The van der Waals surface area contributed by atoms with E-state index in [-0.39, 0.29) is 17.3 Å². The quantitative estimate of drug-likeness (QED) is 0.625. The van der Waals surface area contributed by atoms with E-state index < -0.39 is 10.0 Å². The molecule has 1 aliphatic rings. The normalized spacial score (nSPS) is 15.3. The number of morpholine rings is 1. The molecule has 1 amide bonds. The number of aromatic nitrogens is 1. The summed E-state index contributed by atoms with van der Waals surface area (Å²) >= 11 is 2.98. The summed E-state index contributed by atoms with van der Waals surface area (Å²) in [5.74, 6) is -0.332. The molecule has 4 rings (SSSR count). The Hall–Kier alpha value is -2.11. The molecule has 1 fully saturated rings. The first-order valence-electron chi connectivity index (χ1n) is 8.98. The van der Waals surface area contributed by atoms with Crippen LogP contribution in [-0.4, -0.2) is 49.9 Å². The molecular formula is C19H19N3O4S3. The minimum Gasteiger partial charge on any atom is -0.379 e. The largest absolute Gasteiger partial charge is 0.379 e. The van der Waals surface area contributed by atoms with Gasteiger partial charge in [0, 0.05) is 36.0 Å². The zero-order valence-corrected chi connectivity index (χ0v) is 17.9. The first-order valence-corrected chi connectivity index (χ1v) is 12.2. The Morgan fingerprint density at radius 2 is 1.97 bits per heavy atom. The van der Waals surface area contributed by atoms with Gasteiger partial charge in [0.15, 0.2) is 0 Å². The fourth-order valence-corrected chi connectivity index (χ4v) is 6.13. The van der Waals surface area contributed by atoms with E-state index in [1.165, 1.54) is 15.6 Å². The molecule has 0 atom stereocenters. The number of thiophene rings is 1. The molecule has 0 unspecified atom stereocenters. The summed E-state index contributed by atoms with van der Waals surface area (Å²) in [6.07, 6.45) is 0. The minimum atomic E-state index is -3.64. The molecule has 29 heavy (non-hydrogen) atoms. The predicted octanol–water partition coefficient (Wildman–Crippen LogP) is 2.82. The van der Waals surface area contributed by atoms with Gasteiger partial charge in [-0.3, -0.25) is 4.79 Å². The lowest BCUT2D eigenvalue weighted by Crippen LogP contribution is -2.41. The van der Waals surface area contributed by atoms with E-state index >= 15 is 0 Å². The Labute approximate surface area is 177 Å². The number of carbonyl (C=O) groups is 1. The van der Waals surface area contributed by atoms with Crippen molar-refractivity contribution in [3.8, 4) is 10.6 Å². The lowest BCUT2D eigenvalue weighted by Gasteiger charge is -2.27. The molecule has 1 N–H and O–H groups in total. The smallest absolute Gasteiger partial charge is 0.271 e. The molecule has 10 heteroatoms. The van der Waals surface area contributed by atoms with Gasteiger partial charge in [0.1, 0.15) is 10.7 Å². The maximum absolute atomic E-state index is 13.0. The summed E-state index contributed by atoms with van der Waals surface area (Å²) in [6.45, 7) is 1.52. The number of sulfonamides is 1. The minimum absolute atomic E-state index is 0.101. The van der Waals surface area contributed by atoms with Gasteiger partial charge in [0.25, 0.3) is 5.91 Å². The van der Waals surface area contributed by atoms with Crippen LogP contribution in [0, 0.1) is 0 Å². The van der Waals surface area contributed by atoms with Crippen molar-refractivity contribution < 1.29 is 17.9 Å². The third-order valence-corrected chi connectivity index (χ3v) is 8.08. The van der Waals surface area contributed by atoms with Crippen LogP contribution in [0.2, 0.25) is 0 Å². The van der Waals surface area contributed by atoms with Gasteiger partial charge in [-0.1, -0.05) is 18.2 Å². The second kappa shape index (κ2) is 8.72. The summed E-state index contributed by atoms with van der Waals surface area (Å²) in [5, 5.41) is 9.22. The Morgan fingerprint density at radius 1 is 1.17 bits per heavy atom. The molecule has 3 heterocycles. The Kier molecular flexibility index (Phi) is 6.07. The van der Waals surface area contributed by atoms with Gasteiger partial charge >= 0.3 is 0 Å². The molecule has 2 aromatic heterocycles. The molecule has 152 valence electrons. The van der Waals surface area contributed by atoms with Crippen LogP contribution in [0.5, 0.6) is 0 Å². The van der Waals surface area contributed by atoms with Gasteiger partial charge < -0.3 is 10.1 Å². The highest BCUT2D eigenvalue weighted by atomic mass is 32.2. The molecule has 0 aliphatic carbocycles. The van der Waals surface area contributed by atoms with Crippen LogP contribution in [0.4, 0.5) is 0 Å². The molecule has 0 spiro atoms. The summed E-state index contributed by atoms with van der Waals surface area (Å²) in [5.41, 5.74) is 1.85. The second-order valence-electron chi connectivity index (χ2n) is 6.36. The summed E-state index contributed by atoms with van der Waals surface area (Å²) < 4.78 is 32.7. The van der Waals surface area contributed by atoms with Crippen molar-refractivity contribution in [1.82, 2.24) is 14.6 Å². The fraction of sp³-hybridized carbons (Fsp3) is 0.263.